The van der Waals surface area contributed by atoms with Gasteiger partial charge in [0.2, 0.25) is 0 Å². The number of ketones is 1. The first kappa shape index (κ1) is 26.2. The van der Waals surface area contributed by atoms with Gasteiger partial charge in [-0.15, -0.1) is 0 Å². The standard InChI is InChI=1S/C22H33N5O6/c1-4-5-10-32-22(30)27(24)20(21(29)31-3)12-17(28)11-18-13-19(26(2)33-18)16-8-6-15(7-9-16)14-25-23/h6-9,14,18-20H,4-5,10-13,23-24H2,1-3H3/t18-,19-,20+/m1/s1. The van der Waals surface area contributed by atoms with Gasteiger partial charge in [0.1, 0.15) is 5.78 Å². The van der Waals surface area contributed by atoms with Crippen LogP contribution in [-0.4, -0.2) is 67.0 Å². The van der Waals surface area contributed by atoms with Crippen LogP contribution in [0, 0.1) is 0 Å². The Morgan fingerprint density at radius 3 is 2.64 bits per heavy atom. The number of rotatable bonds is 11. The molecule has 1 amide bonds. The van der Waals surface area contributed by atoms with E-state index in [1.807, 2.05) is 31.2 Å². The zero-order valence-corrected chi connectivity index (χ0v) is 19.3. The van der Waals surface area contributed by atoms with Gasteiger partial charge in [0.05, 0.1) is 32.1 Å². The Bertz CT molecular complexity index is 831. The number of methoxy groups -OCH3 is 1. The maximum Gasteiger partial charge on any atom is 0.424 e. The van der Waals surface area contributed by atoms with E-state index in [0.29, 0.717) is 17.9 Å². The molecule has 11 heteroatoms. The van der Waals surface area contributed by atoms with Gasteiger partial charge in [-0.1, -0.05) is 37.6 Å². The number of unbranched alkanes of at least 4 members (excludes halogenated alkanes) is 1. The van der Waals surface area contributed by atoms with Crippen molar-refractivity contribution in [3.05, 3.63) is 35.4 Å². The van der Waals surface area contributed by atoms with Gasteiger partial charge in [0, 0.05) is 19.9 Å². The van der Waals surface area contributed by atoms with Crippen LogP contribution < -0.4 is 11.7 Å². The number of hydrogen-bond donors (Lipinski definition) is 2. The van der Waals surface area contributed by atoms with Gasteiger partial charge < -0.3 is 15.3 Å². The highest BCUT2D eigenvalue weighted by molar-refractivity contribution is 5.89. The number of hydrazine groups is 1. The van der Waals surface area contributed by atoms with E-state index >= 15 is 0 Å². The number of ether oxygens (including phenoxy) is 2. The molecule has 1 heterocycles. The van der Waals surface area contributed by atoms with E-state index in [1.165, 1.54) is 7.11 Å². The number of Topliss-reactive ketones (excluding diaryl/α,β-unsaturated/α-hetero) is 1. The minimum atomic E-state index is -1.27. The summed E-state index contributed by atoms with van der Waals surface area (Å²) in [5, 5.41) is 5.84. The lowest BCUT2D eigenvalue weighted by molar-refractivity contribution is -0.154. The minimum Gasteiger partial charge on any atom is -0.467 e. The Balaban J connectivity index is 1.96. The third kappa shape index (κ3) is 7.52. The average molecular weight is 464 g/mol. The predicted octanol–water partition coefficient (Wildman–Crippen LogP) is 1.66. The quantitative estimate of drug-likeness (QED) is 0.125. The van der Waals surface area contributed by atoms with E-state index in [4.69, 9.17) is 26.0 Å². The van der Waals surface area contributed by atoms with Crippen LogP contribution in [0.3, 0.4) is 0 Å². The molecule has 0 aromatic heterocycles. The van der Waals surface area contributed by atoms with E-state index < -0.39 is 18.1 Å². The average Bonchev–Trinajstić information content (AvgIpc) is 3.16. The van der Waals surface area contributed by atoms with E-state index in [2.05, 4.69) is 5.10 Å². The van der Waals surface area contributed by atoms with Crippen LogP contribution in [-0.2, 0) is 23.9 Å². The molecule has 0 spiro atoms. The molecule has 0 aliphatic carbocycles. The lowest BCUT2D eigenvalue weighted by atomic mass is 9.97. The number of hydrogen-bond acceptors (Lipinski definition) is 10. The molecule has 11 nitrogen and oxygen atoms in total. The SMILES string of the molecule is CCCCOC(=O)N(N)[C@@H](CC(=O)C[C@@H]1C[C@H](c2ccc(C=NN)cc2)N(C)O1)C(=O)OC. The second-order valence-corrected chi connectivity index (χ2v) is 7.83. The molecule has 182 valence electrons. The Labute approximate surface area is 193 Å². The van der Waals surface area contributed by atoms with Crippen molar-refractivity contribution in [2.24, 2.45) is 16.8 Å². The summed E-state index contributed by atoms with van der Waals surface area (Å²) in [6.07, 6.45) is 2.14. The number of carbonyl (C=O) groups excluding carboxylic acids is 3. The van der Waals surface area contributed by atoms with Crippen LogP contribution in [0.15, 0.2) is 29.4 Å². The van der Waals surface area contributed by atoms with Crippen molar-refractivity contribution < 1.29 is 28.7 Å². The lowest BCUT2D eigenvalue weighted by Gasteiger charge is -2.24. The molecule has 3 atom stereocenters. The fourth-order valence-electron chi connectivity index (χ4n) is 3.60. The predicted molar refractivity (Wildman–Crippen MR) is 121 cm³/mol. The molecule has 0 saturated carbocycles. The van der Waals surface area contributed by atoms with Crippen molar-refractivity contribution >= 4 is 24.1 Å². The summed E-state index contributed by atoms with van der Waals surface area (Å²) in [6.45, 7) is 2.12. The highest BCUT2D eigenvalue weighted by atomic mass is 16.7. The highest BCUT2D eigenvalue weighted by Crippen LogP contribution is 2.34. The number of carbonyl (C=O) groups is 3. The van der Waals surface area contributed by atoms with Gasteiger partial charge in [0.15, 0.2) is 6.04 Å². The fraction of sp³-hybridized carbons (Fsp3) is 0.545. The van der Waals surface area contributed by atoms with Crippen LogP contribution in [0.5, 0.6) is 0 Å². The van der Waals surface area contributed by atoms with E-state index in [9.17, 15) is 14.4 Å². The third-order valence-electron chi connectivity index (χ3n) is 5.40. The van der Waals surface area contributed by atoms with Crippen LogP contribution in [0.4, 0.5) is 4.79 Å². The second kappa shape index (κ2) is 12.9. The number of nitrogens with two attached hydrogens (primary N) is 2. The summed E-state index contributed by atoms with van der Waals surface area (Å²) in [6, 6.07) is 6.39. The number of amides is 1. The van der Waals surface area contributed by atoms with Crippen molar-refractivity contribution in [2.75, 3.05) is 20.8 Å². The number of nitrogens with zero attached hydrogens (tertiary/aromatic N) is 3. The van der Waals surface area contributed by atoms with Crippen molar-refractivity contribution in [1.82, 2.24) is 10.1 Å². The zero-order valence-electron chi connectivity index (χ0n) is 19.3. The Morgan fingerprint density at radius 2 is 2.03 bits per heavy atom. The second-order valence-electron chi connectivity index (χ2n) is 7.83. The molecule has 0 unspecified atom stereocenters. The van der Waals surface area contributed by atoms with Crippen LogP contribution >= 0.6 is 0 Å². The molecule has 1 aliphatic rings. The molecule has 4 N–H and O–H groups in total. The molecular formula is C22H33N5O6. The maximum atomic E-state index is 12.7. The minimum absolute atomic E-state index is 0.0392. The van der Waals surface area contributed by atoms with Gasteiger partial charge >= 0.3 is 12.1 Å². The number of hydroxylamine groups is 2. The van der Waals surface area contributed by atoms with Crippen LogP contribution in [0.2, 0.25) is 0 Å². The zero-order chi connectivity index (χ0) is 24.4. The Morgan fingerprint density at radius 1 is 1.33 bits per heavy atom. The number of benzene rings is 1. The Kier molecular flexibility index (Phi) is 10.2. The van der Waals surface area contributed by atoms with Crippen LogP contribution in [0.1, 0.15) is 56.2 Å². The van der Waals surface area contributed by atoms with Crippen molar-refractivity contribution in [1.29, 1.82) is 0 Å². The molecule has 0 radical (unpaired) electrons. The van der Waals surface area contributed by atoms with Gasteiger partial charge in [-0.2, -0.15) is 10.2 Å². The van der Waals surface area contributed by atoms with Crippen molar-refractivity contribution in [2.45, 2.75) is 57.2 Å². The normalized spacial score (nSPS) is 19.4. The van der Waals surface area contributed by atoms with Gasteiger partial charge in [0.25, 0.3) is 0 Å². The molecule has 33 heavy (non-hydrogen) atoms. The molecule has 2 rings (SSSR count). The van der Waals surface area contributed by atoms with Crippen molar-refractivity contribution in [3.8, 4) is 0 Å². The van der Waals surface area contributed by atoms with Gasteiger partial charge in [-0.3, -0.25) is 9.63 Å². The summed E-state index contributed by atoms with van der Waals surface area (Å²) in [7, 11) is 2.97. The monoisotopic (exact) mass is 463 g/mol. The van der Waals surface area contributed by atoms with Gasteiger partial charge in [-0.25, -0.2) is 20.4 Å². The summed E-state index contributed by atoms with van der Waals surface area (Å²) in [5.41, 5.74) is 1.90. The first-order valence-corrected chi connectivity index (χ1v) is 10.8. The largest absolute Gasteiger partial charge is 0.467 e. The molecular weight excluding hydrogens is 430 g/mol. The summed E-state index contributed by atoms with van der Waals surface area (Å²) in [4.78, 5) is 42.8. The fourth-order valence-corrected chi connectivity index (χ4v) is 3.60. The summed E-state index contributed by atoms with van der Waals surface area (Å²) in [5.74, 6) is 9.88. The third-order valence-corrected chi connectivity index (χ3v) is 5.40. The van der Waals surface area contributed by atoms with Crippen molar-refractivity contribution in [3.63, 3.8) is 0 Å². The molecule has 1 aromatic rings. The number of esters is 1. The summed E-state index contributed by atoms with van der Waals surface area (Å²) >= 11 is 0. The lowest BCUT2D eigenvalue weighted by Crippen LogP contribution is -2.51. The Hall–Kier alpha value is -3.02. The van der Waals surface area contributed by atoms with E-state index in [-0.39, 0.29) is 37.4 Å². The smallest absolute Gasteiger partial charge is 0.424 e. The molecule has 1 aliphatic heterocycles. The van der Waals surface area contributed by atoms with E-state index in [0.717, 1.165) is 17.5 Å². The topological polar surface area (TPSA) is 150 Å². The van der Waals surface area contributed by atoms with Gasteiger partial charge in [-0.05, 0) is 24.0 Å². The maximum absolute atomic E-state index is 12.7. The first-order valence-electron chi connectivity index (χ1n) is 10.8. The first-order chi connectivity index (χ1) is 15.8. The summed E-state index contributed by atoms with van der Waals surface area (Å²) < 4.78 is 9.75. The molecule has 1 saturated heterocycles. The number of hydrazone groups is 1. The molecule has 1 fully saturated rings. The molecule has 0 bridgehead atoms. The highest BCUT2D eigenvalue weighted by Gasteiger charge is 2.36. The molecule has 1 aromatic carbocycles. The van der Waals surface area contributed by atoms with E-state index in [1.54, 1.807) is 18.3 Å². The van der Waals surface area contributed by atoms with Crippen LogP contribution in [0.25, 0.3) is 0 Å².